The molecule has 1 heterocycles. The van der Waals surface area contributed by atoms with Gasteiger partial charge in [0, 0.05) is 32.2 Å². The van der Waals surface area contributed by atoms with Crippen molar-refractivity contribution in [3.8, 4) is 0 Å². The summed E-state index contributed by atoms with van der Waals surface area (Å²) in [5, 5.41) is 6.72. The van der Waals surface area contributed by atoms with Crippen LogP contribution in [0.3, 0.4) is 0 Å². The number of halogens is 1. The van der Waals surface area contributed by atoms with E-state index in [1.165, 1.54) is 5.56 Å². The molecule has 0 bridgehead atoms. The monoisotopic (exact) mass is 556 g/mol. The second kappa shape index (κ2) is 13.0. The lowest BCUT2D eigenvalue weighted by Crippen LogP contribution is -2.48. The Hall–Kier alpha value is -1.65. The van der Waals surface area contributed by atoms with Gasteiger partial charge >= 0.3 is 0 Å². The number of sulfone groups is 1. The van der Waals surface area contributed by atoms with Gasteiger partial charge in [0.25, 0.3) is 0 Å². The van der Waals surface area contributed by atoms with E-state index in [1.54, 1.807) is 24.3 Å². The molecule has 1 aliphatic rings. The summed E-state index contributed by atoms with van der Waals surface area (Å²) in [5.41, 5.74) is 1.35. The van der Waals surface area contributed by atoms with E-state index in [2.05, 4.69) is 44.8 Å². The number of hydrogen-bond donors (Lipinski definition) is 2. The number of benzene rings is 2. The molecule has 2 N–H and O–H groups in total. The lowest BCUT2D eigenvalue weighted by molar-refractivity contribution is 0.198. The van der Waals surface area contributed by atoms with Crippen LogP contribution < -0.4 is 10.6 Å². The second-order valence-corrected chi connectivity index (χ2v) is 9.68. The van der Waals surface area contributed by atoms with Crippen molar-refractivity contribution in [1.29, 1.82) is 0 Å². The first kappa shape index (κ1) is 25.6. The van der Waals surface area contributed by atoms with Gasteiger partial charge < -0.3 is 10.6 Å². The predicted octanol–water partition coefficient (Wildman–Crippen LogP) is 3.30. The first-order chi connectivity index (χ1) is 14.6. The van der Waals surface area contributed by atoms with E-state index in [0.717, 1.165) is 39.0 Å². The Morgan fingerprint density at radius 3 is 2.26 bits per heavy atom. The number of nitrogens with one attached hydrogen (secondary N) is 2. The second-order valence-electron chi connectivity index (χ2n) is 7.57. The van der Waals surface area contributed by atoms with Crippen LogP contribution in [0.1, 0.15) is 25.3 Å². The average molecular weight is 557 g/mol. The van der Waals surface area contributed by atoms with Gasteiger partial charge in [-0.1, -0.05) is 48.5 Å². The fourth-order valence-corrected chi connectivity index (χ4v) is 4.75. The molecule has 1 aliphatic heterocycles. The Bertz CT molecular complexity index is 900. The van der Waals surface area contributed by atoms with Gasteiger partial charge in [-0.05, 0) is 37.5 Å². The maximum atomic E-state index is 12.4. The van der Waals surface area contributed by atoms with E-state index in [4.69, 9.17) is 0 Å². The number of rotatable bonds is 8. The maximum Gasteiger partial charge on any atom is 0.191 e. The number of guanidine groups is 1. The van der Waals surface area contributed by atoms with Gasteiger partial charge in [0.1, 0.15) is 0 Å². The number of aliphatic imine (C=N–C) groups is 1. The number of likely N-dealkylation sites (tertiary alicyclic amines) is 1. The minimum absolute atomic E-state index is 0. The van der Waals surface area contributed by atoms with Gasteiger partial charge in [-0.25, -0.2) is 8.42 Å². The van der Waals surface area contributed by atoms with E-state index in [-0.39, 0.29) is 36.3 Å². The summed E-state index contributed by atoms with van der Waals surface area (Å²) >= 11 is 0. The number of hydrogen-bond acceptors (Lipinski definition) is 4. The molecular weight excluding hydrogens is 523 g/mol. The van der Waals surface area contributed by atoms with Gasteiger partial charge in [-0.3, -0.25) is 9.89 Å². The molecule has 8 heteroatoms. The van der Waals surface area contributed by atoms with E-state index < -0.39 is 9.84 Å². The predicted molar refractivity (Wildman–Crippen MR) is 138 cm³/mol. The maximum absolute atomic E-state index is 12.4. The topological polar surface area (TPSA) is 73.8 Å². The highest BCUT2D eigenvalue weighted by molar-refractivity contribution is 14.0. The lowest BCUT2D eigenvalue weighted by atomic mass is 10.0. The van der Waals surface area contributed by atoms with Crippen molar-refractivity contribution in [2.45, 2.75) is 37.2 Å². The molecule has 1 fully saturated rings. The van der Waals surface area contributed by atoms with Crippen molar-refractivity contribution in [1.82, 2.24) is 15.5 Å². The zero-order valence-corrected chi connectivity index (χ0v) is 21.2. The minimum Gasteiger partial charge on any atom is -0.357 e. The van der Waals surface area contributed by atoms with Gasteiger partial charge in [0.15, 0.2) is 15.8 Å². The lowest BCUT2D eigenvalue weighted by Gasteiger charge is -2.33. The van der Waals surface area contributed by atoms with Crippen molar-refractivity contribution in [3.05, 3.63) is 66.2 Å². The molecule has 2 aromatic rings. The molecule has 31 heavy (non-hydrogen) atoms. The van der Waals surface area contributed by atoms with E-state index >= 15 is 0 Å². The summed E-state index contributed by atoms with van der Waals surface area (Å²) in [6.45, 7) is 6.05. The molecule has 1 saturated heterocycles. The molecule has 170 valence electrons. The number of piperidine rings is 1. The van der Waals surface area contributed by atoms with Crippen LogP contribution >= 0.6 is 24.0 Å². The SMILES string of the molecule is CCNC(=NCCS(=O)(=O)c1ccccc1)NC1CCN(Cc2ccccc2)CC1.I. The molecule has 0 radical (unpaired) electrons. The van der Waals surface area contributed by atoms with Crippen molar-refractivity contribution >= 4 is 39.8 Å². The molecule has 0 saturated carbocycles. The Balaban J connectivity index is 0.00000341. The summed E-state index contributed by atoms with van der Waals surface area (Å²) < 4.78 is 24.9. The van der Waals surface area contributed by atoms with Gasteiger partial charge in [-0.15, -0.1) is 24.0 Å². The van der Waals surface area contributed by atoms with Crippen LogP contribution in [0.15, 0.2) is 70.6 Å². The molecule has 0 aromatic heterocycles. The van der Waals surface area contributed by atoms with Gasteiger partial charge in [0.05, 0.1) is 17.2 Å². The molecule has 0 amide bonds. The molecule has 0 unspecified atom stereocenters. The van der Waals surface area contributed by atoms with Crippen LogP contribution in [0.4, 0.5) is 0 Å². The fourth-order valence-electron chi connectivity index (χ4n) is 3.61. The zero-order valence-electron chi connectivity index (χ0n) is 18.0. The van der Waals surface area contributed by atoms with Crippen LogP contribution in [-0.2, 0) is 16.4 Å². The third-order valence-corrected chi connectivity index (χ3v) is 6.96. The molecule has 6 nitrogen and oxygen atoms in total. The Morgan fingerprint density at radius 1 is 1.03 bits per heavy atom. The highest BCUT2D eigenvalue weighted by atomic mass is 127. The third-order valence-electron chi connectivity index (χ3n) is 5.25. The summed E-state index contributed by atoms with van der Waals surface area (Å²) in [5.74, 6) is 0.700. The van der Waals surface area contributed by atoms with Crippen LogP contribution in [0.5, 0.6) is 0 Å². The van der Waals surface area contributed by atoms with E-state index in [9.17, 15) is 8.42 Å². The normalized spacial score (nSPS) is 15.8. The van der Waals surface area contributed by atoms with Crippen LogP contribution in [0, 0.1) is 0 Å². The smallest absolute Gasteiger partial charge is 0.191 e. The summed E-state index contributed by atoms with van der Waals surface area (Å²) in [6, 6.07) is 19.5. The molecular formula is C23H33IN4O2S. The van der Waals surface area contributed by atoms with E-state index in [1.807, 2.05) is 19.1 Å². The summed E-state index contributed by atoms with van der Waals surface area (Å²) in [4.78, 5) is 7.33. The summed E-state index contributed by atoms with van der Waals surface area (Å²) in [6.07, 6.45) is 2.08. The van der Waals surface area contributed by atoms with Gasteiger partial charge in [0.2, 0.25) is 0 Å². The zero-order chi connectivity index (χ0) is 21.2. The van der Waals surface area contributed by atoms with Crippen LogP contribution in [-0.4, -0.2) is 57.3 Å². The molecule has 0 aliphatic carbocycles. The minimum atomic E-state index is -3.31. The van der Waals surface area contributed by atoms with Crippen molar-refractivity contribution in [2.75, 3.05) is 31.9 Å². The first-order valence-electron chi connectivity index (χ1n) is 10.7. The van der Waals surface area contributed by atoms with E-state index in [0.29, 0.717) is 16.9 Å². The largest absolute Gasteiger partial charge is 0.357 e. The average Bonchev–Trinajstić information content (AvgIpc) is 2.76. The molecule has 2 aromatic carbocycles. The Labute approximate surface area is 203 Å². The molecule has 3 rings (SSSR count). The third kappa shape index (κ3) is 8.42. The summed E-state index contributed by atoms with van der Waals surface area (Å²) in [7, 11) is -3.31. The Morgan fingerprint density at radius 2 is 1.65 bits per heavy atom. The fraction of sp³-hybridized carbons (Fsp3) is 0.435. The van der Waals surface area contributed by atoms with Crippen LogP contribution in [0.2, 0.25) is 0 Å². The quantitative estimate of drug-likeness (QED) is 0.297. The van der Waals surface area contributed by atoms with Crippen molar-refractivity contribution < 1.29 is 8.42 Å². The highest BCUT2D eigenvalue weighted by Crippen LogP contribution is 2.14. The van der Waals surface area contributed by atoms with Crippen molar-refractivity contribution in [3.63, 3.8) is 0 Å². The van der Waals surface area contributed by atoms with Crippen molar-refractivity contribution in [2.24, 2.45) is 4.99 Å². The number of nitrogens with zero attached hydrogens (tertiary/aromatic N) is 2. The molecule has 0 atom stereocenters. The Kier molecular flexibility index (Phi) is 10.8. The van der Waals surface area contributed by atoms with Gasteiger partial charge in [-0.2, -0.15) is 0 Å². The molecule has 0 spiro atoms. The van der Waals surface area contributed by atoms with Crippen LogP contribution in [0.25, 0.3) is 0 Å². The first-order valence-corrected chi connectivity index (χ1v) is 12.3. The highest BCUT2D eigenvalue weighted by Gasteiger charge is 2.20. The standard InChI is InChI=1S/C23H32N4O2S.HI/c1-2-24-23(25-15-18-30(28,29)22-11-7-4-8-12-22)26-21-13-16-27(17-14-21)19-20-9-5-3-6-10-20;/h3-12,21H,2,13-19H2,1H3,(H2,24,25,26);1H.